The van der Waals surface area contributed by atoms with Crippen molar-refractivity contribution >= 4 is 153 Å². The van der Waals surface area contributed by atoms with Crippen LogP contribution in [0, 0.1) is 0 Å². The van der Waals surface area contributed by atoms with E-state index in [9.17, 15) is 80.1 Å². The molecule has 6 rings (SSSR count). The van der Waals surface area contributed by atoms with E-state index in [4.69, 9.17) is 32.7 Å². The van der Waals surface area contributed by atoms with Crippen LogP contribution in [0.3, 0.4) is 0 Å². The van der Waals surface area contributed by atoms with Crippen LogP contribution < -0.4 is 20.1 Å². The smallest absolute Gasteiger partial charge is 0.297 e. The van der Waals surface area contributed by atoms with E-state index in [2.05, 4.69) is 39.5 Å². The number of alkyl halides is 2. The summed E-state index contributed by atoms with van der Waals surface area (Å²) in [6, 6.07) is 12.0. The Bertz CT molecular complexity index is 3710. The molecular formula is C40H34Cl2N6O22S6. The van der Waals surface area contributed by atoms with Gasteiger partial charge >= 0.3 is 0 Å². The fourth-order valence-electron chi connectivity index (χ4n) is 6.98. The van der Waals surface area contributed by atoms with Crippen LogP contribution in [0.5, 0.6) is 23.0 Å². The molecule has 0 fully saturated rings. The highest BCUT2D eigenvalue weighted by atomic mass is 35.5. The maximum Gasteiger partial charge on any atom is 0.297 e. The molecule has 6 aromatic carbocycles. The van der Waals surface area contributed by atoms with Gasteiger partial charge in [0.1, 0.15) is 77.5 Å². The van der Waals surface area contributed by atoms with E-state index in [-0.39, 0.29) is 22.9 Å². The molecule has 0 heterocycles. The van der Waals surface area contributed by atoms with E-state index in [0.717, 1.165) is 24.3 Å². The van der Waals surface area contributed by atoms with Gasteiger partial charge in [-0.1, -0.05) is 35.3 Å². The predicted molar refractivity (Wildman–Crippen MR) is 271 cm³/mol. The van der Waals surface area contributed by atoms with Crippen molar-refractivity contribution in [3.63, 3.8) is 0 Å². The Balaban J connectivity index is 1.36. The topological polar surface area (TPSA) is 437 Å². The second kappa shape index (κ2) is 23.5. The minimum absolute atomic E-state index is 0.0476. The zero-order valence-corrected chi connectivity index (χ0v) is 44.4. The van der Waals surface area contributed by atoms with Gasteiger partial charge in [-0.15, -0.1) is 20.5 Å². The number of rotatable bonds is 21. The van der Waals surface area contributed by atoms with Crippen LogP contribution in [0.1, 0.15) is 0 Å². The van der Waals surface area contributed by atoms with Crippen molar-refractivity contribution in [2.75, 3.05) is 48.5 Å². The molecule has 0 spiro atoms. The van der Waals surface area contributed by atoms with E-state index in [1.807, 2.05) is 0 Å². The molecule has 0 aliphatic rings. The summed E-state index contributed by atoms with van der Waals surface area (Å²) in [5.41, 5.74) is -2.69. The number of amides is 2. The first-order valence-electron chi connectivity index (χ1n) is 20.0. The Morgan fingerprint density at radius 1 is 0.526 bits per heavy atom. The van der Waals surface area contributed by atoms with Crippen molar-refractivity contribution in [3.05, 3.63) is 72.8 Å². The predicted octanol–water partition coefficient (Wildman–Crippen LogP) is 6.54. The number of anilines is 2. The normalized spacial score (nSPS) is 13.3. The molecule has 0 bridgehead atoms. The molecule has 0 aromatic heterocycles. The number of carbonyl (C=O) groups excluding carboxylic acids is 2. The van der Waals surface area contributed by atoms with Crippen molar-refractivity contribution in [2.45, 2.75) is 19.6 Å². The number of methoxy groups -OCH3 is 2. The minimum atomic E-state index is -5.40. The van der Waals surface area contributed by atoms with Crippen LogP contribution in [0.15, 0.2) is 113 Å². The summed E-state index contributed by atoms with van der Waals surface area (Å²) in [4.78, 5) is 20.3. The van der Waals surface area contributed by atoms with E-state index >= 15 is 0 Å². The number of ether oxygens (including phenoxy) is 2. The number of hydrogen-bond donors (Lipinski definition) is 8. The lowest BCUT2D eigenvalue weighted by molar-refractivity contribution is -0.114. The molecular weight excluding hydrogens is 1180 g/mol. The fourth-order valence-corrected chi connectivity index (χ4v) is 11.5. The second-order valence-corrected chi connectivity index (χ2v) is 22.9. The van der Waals surface area contributed by atoms with Crippen molar-refractivity contribution in [1.29, 1.82) is 0 Å². The number of benzene rings is 6. The number of halogens is 2. The molecule has 2 unspecified atom stereocenters. The minimum Gasteiger partial charge on any atom is -0.505 e. The number of phenols is 2. The lowest BCUT2D eigenvalue weighted by atomic mass is 10.0. The molecule has 2 amide bonds. The highest BCUT2D eigenvalue weighted by Crippen LogP contribution is 2.48. The van der Waals surface area contributed by atoms with Crippen molar-refractivity contribution in [1.82, 2.24) is 0 Å². The maximum absolute atomic E-state index is 12.7. The maximum atomic E-state index is 12.7. The fraction of sp³-hybridized carbons (Fsp3) is 0.150. The van der Waals surface area contributed by atoms with E-state index < -0.39 is 173 Å². The van der Waals surface area contributed by atoms with Gasteiger partial charge < -0.3 is 30.3 Å². The summed E-state index contributed by atoms with van der Waals surface area (Å²) in [6.45, 7) is 0. The molecule has 2 atom stereocenters. The van der Waals surface area contributed by atoms with Crippen LogP contribution >= 0.6 is 23.2 Å². The SMILES string of the molecule is COc1cc(-c2ccc(N=Nc3c(S(=O)(=O)O)cc4c(S(=O)(=O)O)c(NC(=O)CS(=O)OCCl)ccc4c3O)c(OC)c2)ccc1N=Nc1c(S(=O)(=O)O)cc2c(S(=O)(=O)O)c(NC(=O)CS(=O)OCCl)ccc2c1O. The highest BCUT2D eigenvalue weighted by molar-refractivity contribution is 7.87. The zero-order valence-electron chi connectivity index (χ0n) is 38.0. The number of nitrogens with zero attached hydrogens (tertiary/aromatic N) is 4. The third-order valence-electron chi connectivity index (χ3n) is 10.0. The van der Waals surface area contributed by atoms with Gasteiger partial charge in [0.05, 0.1) is 25.6 Å². The first kappa shape index (κ1) is 58.9. The molecule has 28 nitrogen and oxygen atoms in total. The third kappa shape index (κ3) is 13.4. The number of phenolic OH excluding ortho intramolecular Hbond substituents is 2. The summed E-state index contributed by atoms with van der Waals surface area (Å²) >= 11 is 6.14. The number of aromatic hydroxyl groups is 2. The largest absolute Gasteiger partial charge is 0.505 e. The lowest BCUT2D eigenvalue weighted by Crippen LogP contribution is -2.21. The number of fused-ring (bicyclic) bond motifs is 2. The molecule has 0 saturated carbocycles. The number of carbonyl (C=O) groups is 2. The third-order valence-corrected chi connectivity index (χ3v) is 15.9. The summed E-state index contributed by atoms with van der Waals surface area (Å²) < 4.78 is 186. The molecule has 0 aliphatic carbocycles. The average Bonchev–Trinajstić information content (AvgIpc) is 3.32. The van der Waals surface area contributed by atoms with Crippen LogP contribution in [0.2, 0.25) is 0 Å². The van der Waals surface area contributed by atoms with Gasteiger partial charge in [0.2, 0.25) is 11.8 Å². The van der Waals surface area contributed by atoms with Crippen molar-refractivity contribution < 1.29 is 97.9 Å². The van der Waals surface area contributed by atoms with E-state index in [1.54, 1.807) is 0 Å². The quantitative estimate of drug-likeness (QED) is 0.0215. The standard InChI is InChI=1S/C40H34Cl2N6O22S6/c1-67-29-11-19(3-7-25(29)45-47-35-31(73(55,56)57)13-23-21(37(35)51)5-9-27(39(23)75(61,62)63)43-33(49)15-71(53)69-17-41)20-4-8-26(30(12-20)68-2)46-48-36-32(74(58,59)60)14-24-22(38(36)52)6-10-28(40(24)76(64,65)66)44-34(50)16-72(54)70-18-42/h3-14,51-52H,15-18H2,1-2H3,(H,43,49)(H,44,50)(H,55,56,57)(H,58,59,60)(H,61,62,63)(H,64,65,66). The first-order valence-corrected chi connectivity index (χ1v) is 29.3. The monoisotopic (exact) mass is 1210 g/mol. The summed E-state index contributed by atoms with van der Waals surface area (Å²) in [5, 5.41) is 39.9. The molecule has 6 aromatic rings. The molecule has 36 heteroatoms. The van der Waals surface area contributed by atoms with Gasteiger partial charge in [0.15, 0.2) is 33.7 Å². The zero-order chi connectivity index (χ0) is 56.2. The Kier molecular flexibility index (Phi) is 18.2. The van der Waals surface area contributed by atoms with Crippen molar-refractivity contribution in [3.8, 4) is 34.1 Å². The lowest BCUT2D eigenvalue weighted by Gasteiger charge is -2.15. The van der Waals surface area contributed by atoms with Gasteiger partial charge in [-0.25, -0.2) is 8.42 Å². The van der Waals surface area contributed by atoms with Crippen LogP contribution in [-0.2, 0) is 80.6 Å². The Morgan fingerprint density at radius 2 is 0.882 bits per heavy atom. The molecule has 0 radical (unpaired) electrons. The van der Waals surface area contributed by atoms with Crippen molar-refractivity contribution in [2.24, 2.45) is 20.5 Å². The Hall–Kier alpha value is -6.38. The highest BCUT2D eigenvalue weighted by Gasteiger charge is 2.31. The summed E-state index contributed by atoms with van der Waals surface area (Å²) in [5.74, 6) is -6.16. The molecule has 0 saturated heterocycles. The number of nitrogens with one attached hydrogen (secondary N) is 2. The summed E-state index contributed by atoms with van der Waals surface area (Å²) in [6.07, 6.45) is 0. The van der Waals surface area contributed by atoms with Gasteiger partial charge in [-0.05, 0) is 71.8 Å². The van der Waals surface area contributed by atoms with E-state index in [0.29, 0.717) is 23.3 Å². The Morgan fingerprint density at radius 3 is 1.18 bits per heavy atom. The van der Waals surface area contributed by atoms with Gasteiger partial charge in [0.25, 0.3) is 40.5 Å². The molecule has 0 aliphatic heterocycles. The summed E-state index contributed by atoms with van der Waals surface area (Å²) in [7, 11) is -19.1. The van der Waals surface area contributed by atoms with Gasteiger partial charge in [-0.3, -0.25) is 36.2 Å². The average molecular weight is 1210 g/mol. The molecule has 406 valence electrons. The van der Waals surface area contributed by atoms with E-state index in [1.165, 1.54) is 50.6 Å². The van der Waals surface area contributed by atoms with Crippen LogP contribution in [0.25, 0.3) is 32.7 Å². The number of hydrogen-bond acceptors (Lipinski definition) is 22. The second-order valence-electron chi connectivity index (χ2n) is 14.7. The Labute approximate surface area is 444 Å². The van der Waals surface area contributed by atoms with Gasteiger partial charge in [-0.2, -0.15) is 33.7 Å². The molecule has 76 heavy (non-hydrogen) atoms. The van der Waals surface area contributed by atoms with Crippen LogP contribution in [-0.4, -0.2) is 120 Å². The molecule has 8 N–H and O–H groups in total. The van der Waals surface area contributed by atoms with Crippen LogP contribution in [0.4, 0.5) is 34.1 Å². The van der Waals surface area contributed by atoms with Gasteiger partial charge in [0, 0.05) is 21.5 Å². The number of azo groups is 2. The first-order chi connectivity index (χ1) is 35.5.